The minimum absolute atomic E-state index is 1.02. The molecule has 0 aliphatic rings. The van der Waals surface area contributed by atoms with Crippen LogP contribution in [0.2, 0.25) is 0 Å². The second-order valence-electron chi connectivity index (χ2n) is 4.76. The summed E-state index contributed by atoms with van der Waals surface area (Å²) in [5, 5.41) is 4.59. The third kappa shape index (κ3) is 2.29. The monoisotopic (exact) mass is 248 g/mol. The highest BCUT2D eigenvalue weighted by molar-refractivity contribution is 5.86. The lowest BCUT2D eigenvalue weighted by Gasteiger charge is -2.11. The molecule has 1 heterocycles. The van der Waals surface area contributed by atoms with E-state index < -0.39 is 0 Å². The topological polar surface area (TPSA) is 24.9 Å². The fourth-order valence-electron chi connectivity index (χ4n) is 2.24. The molecule has 2 nitrogen and oxygen atoms in total. The first kappa shape index (κ1) is 11.7. The summed E-state index contributed by atoms with van der Waals surface area (Å²) < 4.78 is 0. The summed E-state index contributed by atoms with van der Waals surface area (Å²) in [6, 6.07) is 18.6. The number of hydrogen-bond donors (Lipinski definition) is 1. The van der Waals surface area contributed by atoms with Gasteiger partial charge in [0.25, 0.3) is 0 Å². The first-order valence-electron chi connectivity index (χ1n) is 6.43. The van der Waals surface area contributed by atoms with Gasteiger partial charge in [-0.15, -0.1) is 0 Å². The molecule has 0 spiro atoms. The van der Waals surface area contributed by atoms with Crippen molar-refractivity contribution in [3.05, 3.63) is 65.9 Å². The van der Waals surface area contributed by atoms with E-state index in [0.717, 1.165) is 22.6 Å². The van der Waals surface area contributed by atoms with E-state index in [-0.39, 0.29) is 0 Å². The zero-order chi connectivity index (χ0) is 13.2. The molecule has 0 radical (unpaired) electrons. The van der Waals surface area contributed by atoms with Crippen molar-refractivity contribution in [2.24, 2.45) is 0 Å². The molecule has 0 saturated carbocycles. The fourth-order valence-corrected chi connectivity index (χ4v) is 2.24. The Bertz CT molecular complexity index is 718. The van der Waals surface area contributed by atoms with Gasteiger partial charge in [-0.05, 0) is 37.6 Å². The molecule has 94 valence electrons. The Morgan fingerprint density at radius 1 is 0.895 bits per heavy atom. The molecular formula is C17H16N2. The van der Waals surface area contributed by atoms with Gasteiger partial charge in [-0.1, -0.05) is 36.4 Å². The van der Waals surface area contributed by atoms with Gasteiger partial charge in [-0.25, -0.2) is 0 Å². The van der Waals surface area contributed by atoms with Crippen LogP contribution >= 0.6 is 0 Å². The summed E-state index contributed by atoms with van der Waals surface area (Å²) in [6.45, 7) is 4.14. The van der Waals surface area contributed by atoms with E-state index in [1.54, 1.807) is 0 Å². The normalized spacial score (nSPS) is 10.6. The van der Waals surface area contributed by atoms with Gasteiger partial charge >= 0.3 is 0 Å². The molecule has 0 aliphatic carbocycles. The molecule has 0 atom stereocenters. The second kappa shape index (κ2) is 4.73. The SMILES string of the molecule is Cc1nc2c(C)cccc2cc1Nc1ccccc1. The van der Waals surface area contributed by atoms with Gasteiger partial charge in [0.1, 0.15) is 0 Å². The Hall–Kier alpha value is -2.35. The lowest BCUT2D eigenvalue weighted by Crippen LogP contribution is -1.96. The molecular weight excluding hydrogens is 232 g/mol. The van der Waals surface area contributed by atoms with E-state index >= 15 is 0 Å². The van der Waals surface area contributed by atoms with Gasteiger partial charge in [-0.3, -0.25) is 4.98 Å². The highest BCUT2D eigenvalue weighted by Gasteiger charge is 2.05. The van der Waals surface area contributed by atoms with Crippen molar-refractivity contribution in [1.29, 1.82) is 0 Å². The number of rotatable bonds is 2. The third-order valence-corrected chi connectivity index (χ3v) is 3.29. The predicted molar refractivity (Wildman–Crippen MR) is 80.9 cm³/mol. The maximum absolute atomic E-state index is 4.71. The number of para-hydroxylation sites is 2. The van der Waals surface area contributed by atoms with E-state index in [9.17, 15) is 0 Å². The Balaban J connectivity index is 2.07. The fraction of sp³-hybridized carbons (Fsp3) is 0.118. The van der Waals surface area contributed by atoms with Crippen molar-refractivity contribution in [1.82, 2.24) is 4.98 Å². The Morgan fingerprint density at radius 2 is 1.68 bits per heavy atom. The zero-order valence-corrected chi connectivity index (χ0v) is 11.1. The average molecular weight is 248 g/mol. The van der Waals surface area contributed by atoms with E-state index in [1.165, 1.54) is 10.9 Å². The quantitative estimate of drug-likeness (QED) is 0.717. The van der Waals surface area contributed by atoms with Crippen LogP contribution in [0.15, 0.2) is 54.6 Å². The Kier molecular flexibility index (Phi) is 2.92. The molecule has 0 unspecified atom stereocenters. The lowest BCUT2D eigenvalue weighted by atomic mass is 10.1. The highest BCUT2D eigenvalue weighted by atomic mass is 14.9. The molecule has 2 aromatic carbocycles. The summed E-state index contributed by atoms with van der Waals surface area (Å²) in [5.74, 6) is 0. The van der Waals surface area contributed by atoms with Crippen LogP contribution in [-0.2, 0) is 0 Å². The maximum atomic E-state index is 4.71. The van der Waals surface area contributed by atoms with Gasteiger partial charge < -0.3 is 5.32 Å². The van der Waals surface area contributed by atoms with Crippen molar-refractivity contribution in [2.75, 3.05) is 5.32 Å². The average Bonchev–Trinajstić information content (AvgIpc) is 2.42. The highest BCUT2D eigenvalue weighted by Crippen LogP contribution is 2.25. The lowest BCUT2D eigenvalue weighted by molar-refractivity contribution is 1.24. The Labute approximate surface area is 113 Å². The summed E-state index contributed by atoms with van der Waals surface area (Å²) in [6.07, 6.45) is 0. The van der Waals surface area contributed by atoms with Crippen molar-refractivity contribution < 1.29 is 0 Å². The van der Waals surface area contributed by atoms with E-state index in [0.29, 0.717) is 0 Å². The number of aromatic nitrogens is 1. The number of aryl methyl sites for hydroxylation is 2. The summed E-state index contributed by atoms with van der Waals surface area (Å²) in [5.41, 5.74) is 5.46. The van der Waals surface area contributed by atoms with Crippen LogP contribution in [0, 0.1) is 13.8 Å². The summed E-state index contributed by atoms with van der Waals surface area (Å²) >= 11 is 0. The standard InChI is InChI=1S/C17H16N2/c1-12-7-6-8-14-11-16(13(2)18-17(12)14)19-15-9-4-3-5-10-15/h3-11,19H,1-2H3. The molecule has 1 N–H and O–H groups in total. The van der Waals surface area contributed by atoms with E-state index in [1.807, 2.05) is 25.1 Å². The van der Waals surface area contributed by atoms with Gasteiger partial charge in [0.05, 0.1) is 16.9 Å². The predicted octanol–water partition coefficient (Wildman–Crippen LogP) is 4.60. The summed E-state index contributed by atoms with van der Waals surface area (Å²) in [4.78, 5) is 4.71. The molecule has 19 heavy (non-hydrogen) atoms. The van der Waals surface area contributed by atoms with Crippen LogP contribution in [0.1, 0.15) is 11.3 Å². The van der Waals surface area contributed by atoms with Gasteiger partial charge in [-0.2, -0.15) is 0 Å². The van der Waals surface area contributed by atoms with Crippen LogP contribution in [0.4, 0.5) is 11.4 Å². The molecule has 3 aromatic rings. The van der Waals surface area contributed by atoms with E-state index in [4.69, 9.17) is 4.98 Å². The van der Waals surface area contributed by atoms with Crippen molar-refractivity contribution in [2.45, 2.75) is 13.8 Å². The van der Waals surface area contributed by atoms with Crippen LogP contribution < -0.4 is 5.32 Å². The number of pyridine rings is 1. The summed E-state index contributed by atoms with van der Waals surface area (Å²) in [7, 11) is 0. The van der Waals surface area contributed by atoms with Crippen LogP contribution in [-0.4, -0.2) is 4.98 Å². The first-order valence-corrected chi connectivity index (χ1v) is 6.43. The Morgan fingerprint density at radius 3 is 2.47 bits per heavy atom. The molecule has 1 aromatic heterocycles. The molecule has 0 saturated heterocycles. The van der Waals surface area contributed by atoms with E-state index in [2.05, 4.69) is 48.6 Å². The second-order valence-corrected chi connectivity index (χ2v) is 4.76. The van der Waals surface area contributed by atoms with Crippen LogP contribution in [0.3, 0.4) is 0 Å². The van der Waals surface area contributed by atoms with Crippen molar-refractivity contribution in [3.8, 4) is 0 Å². The van der Waals surface area contributed by atoms with Gasteiger partial charge in [0.15, 0.2) is 0 Å². The molecule has 2 heteroatoms. The molecule has 0 bridgehead atoms. The minimum Gasteiger partial charge on any atom is -0.354 e. The minimum atomic E-state index is 1.02. The number of fused-ring (bicyclic) bond motifs is 1. The largest absolute Gasteiger partial charge is 0.354 e. The van der Waals surface area contributed by atoms with Gasteiger partial charge in [0.2, 0.25) is 0 Å². The molecule has 0 aliphatic heterocycles. The third-order valence-electron chi connectivity index (χ3n) is 3.29. The number of nitrogens with zero attached hydrogens (tertiary/aromatic N) is 1. The van der Waals surface area contributed by atoms with Crippen LogP contribution in [0.25, 0.3) is 10.9 Å². The maximum Gasteiger partial charge on any atom is 0.0735 e. The molecule has 3 rings (SSSR count). The molecule has 0 fully saturated rings. The number of nitrogens with one attached hydrogen (secondary N) is 1. The van der Waals surface area contributed by atoms with Crippen LogP contribution in [0.5, 0.6) is 0 Å². The molecule has 0 amide bonds. The number of hydrogen-bond acceptors (Lipinski definition) is 2. The van der Waals surface area contributed by atoms with Gasteiger partial charge in [0, 0.05) is 11.1 Å². The smallest absolute Gasteiger partial charge is 0.0735 e. The zero-order valence-electron chi connectivity index (χ0n) is 11.1. The first-order chi connectivity index (χ1) is 9.24. The van der Waals surface area contributed by atoms with Crippen molar-refractivity contribution >= 4 is 22.3 Å². The number of benzene rings is 2. The van der Waals surface area contributed by atoms with Crippen molar-refractivity contribution in [3.63, 3.8) is 0 Å². The number of anilines is 2.